The monoisotopic (exact) mass is 504 g/mol. The van der Waals surface area contributed by atoms with Crippen LogP contribution >= 0.6 is 0 Å². The summed E-state index contributed by atoms with van der Waals surface area (Å²) in [6.07, 6.45) is 1.31. The number of rotatable bonds is 0. The Bertz CT molecular complexity index is 1840. The normalized spacial score (nSPS) is 15.1. The van der Waals surface area contributed by atoms with Crippen molar-refractivity contribution in [3.8, 4) is 11.1 Å². The number of fused-ring (bicyclic) bond motifs is 2. The number of ketones is 4. The molecule has 0 saturated carbocycles. The second kappa shape index (κ2) is 8.27. The van der Waals surface area contributed by atoms with Crippen LogP contribution in [0.5, 0.6) is 0 Å². The van der Waals surface area contributed by atoms with Gasteiger partial charge < -0.3 is 0 Å². The molecule has 0 radical (unpaired) electrons. The van der Waals surface area contributed by atoms with Gasteiger partial charge >= 0.3 is 0 Å². The Hall–Kier alpha value is -4.98. The lowest BCUT2D eigenvalue weighted by Gasteiger charge is -2.20. The Balaban J connectivity index is 0.000000140. The summed E-state index contributed by atoms with van der Waals surface area (Å²) in [5.74, 6) is -1.69. The lowest BCUT2D eigenvalue weighted by atomic mass is 9.81. The summed E-state index contributed by atoms with van der Waals surface area (Å²) < 4.78 is 0. The molecule has 184 valence electrons. The maximum absolute atomic E-state index is 12.1. The van der Waals surface area contributed by atoms with E-state index in [-0.39, 0.29) is 46.0 Å². The molecule has 0 heterocycles. The molecule has 0 fully saturated rings. The first kappa shape index (κ1) is 23.4. The topological polar surface area (TPSA) is 137 Å². The molecule has 38 heavy (non-hydrogen) atoms. The average Bonchev–Trinajstić information content (AvgIpc) is 2.93. The van der Waals surface area contributed by atoms with E-state index in [1.165, 1.54) is 36.4 Å². The first-order chi connectivity index (χ1) is 18.2. The van der Waals surface area contributed by atoms with Gasteiger partial charge in [0.15, 0.2) is 0 Å². The molecule has 8 heteroatoms. The van der Waals surface area contributed by atoms with Gasteiger partial charge in [-0.1, -0.05) is 36.4 Å². The number of benzene rings is 5. The summed E-state index contributed by atoms with van der Waals surface area (Å²) in [5.41, 5.74) is 0.561. The number of hydrogen-bond donors (Lipinski definition) is 0. The van der Waals surface area contributed by atoms with E-state index in [0.717, 1.165) is 0 Å². The fraction of sp³-hybridized carbons (Fsp3) is 0.133. The first-order valence-corrected chi connectivity index (χ1v) is 11.9. The summed E-state index contributed by atoms with van der Waals surface area (Å²) in [4.78, 5) is 94.7. The zero-order valence-corrected chi connectivity index (χ0v) is 19.7. The van der Waals surface area contributed by atoms with Gasteiger partial charge in [0, 0.05) is 56.6 Å². The second-order valence-corrected chi connectivity index (χ2v) is 9.44. The van der Waals surface area contributed by atoms with Crippen molar-refractivity contribution in [2.45, 2.75) is 25.7 Å². The van der Waals surface area contributed by atoms with Gasteiger partial charge in [0.05, 0.1) is 0 Å². The van der Waals surface area contributed by atoms with Crippen LogP contribution in [0.25, 0.3) is 32.7 Å². The zero-order chi connectivity index (χ0) is 26.9. The van der Waals surface area contributed by atoms with Crippen LogP contribution in [0.2, 0.25) is 0 Å². The van der Waals surface area contributed by atoms with Gasteiger partial charge in [-0.3, -0.25) is 38.4 Å². The fourth-order valence-electron chi connectivity index (χ4n) is 5.44. The number of carbonyl (C=O) groups excluding carboxylic acids is 4. The van der Waals surface area contributed by atoms with Gasteiger partial charge in [-0.25, -0.2) is 0 Å². The lowest BCUT2D eigenvalue weighted by molar-refractivity contribution is -0.116. The van der Waals surface area contributed by atoms with Gasteiger partial charge in [-0.15, -0.1) is 0 Å². The lowest BCUT2D eigenvalue weighted by Crippen LogP contribution is -2.31. The summed E-state index contributed by atoms with van der Waals surface area (Å²) >= 11 is 0. The molecular weight excluding hydrogens is 488 g/mol. The predicted molar refractivity (Wildman–Crippen MR) is 138 cm³/mol. The molecule has 0 saturated heterocycles. The van der Waals surface area contributed by atoms with E-state index in [2.05, 4.69) is 0 Å². The van der Waals surface area contributed by atoms with E-state index in [4.69, 9.17) is 0 Å². The number of Topliss-reactive ketones (excluding diaryl/α,β-unsaturated/α-hetero) is 4. The highest BCUT2D eigenvalue weighted by atomic mass is 16.2. The standard InChI is InChI=1S/C16H6O4.C14H10O4/c17-13-7-3-1-4-8-11(7)12-9(15(13)19)5-2-6-10(12)16(20)14(8)18;15-11-3-1-7-5-10-8(6-9(7)13(11)17)2-4-12(16)14(10)18/h1-6H;5-6H,1-4H2. The van der Waals surface area contributed by atoms with Crippen molar-refractivity contribution in [1.82, 2.24) is 0 Å². The van der Waals surface area contributed by atoms with Crippen LogP contribution in [0.4, 0.5) is 0 Å². The molecule has 0 amide bonds. The van der Waals surface area contributed by atoms with Crippen molar-refractivity contribution < 1.29 is 19.2 Å². The Labute approximate surface area is 212 Å². The minimum atomic E-state index is -0.631. The van der Waals surface area contributed by atoms with Crippen molar-refractivity contribution in [3.05, 3.63) is 112 Å². The highest BCUT2D eigenvalue weighted by molar-refractivity contribution is 6.46. The fourth-order valence-corrected chi connectivity index (χ4v) is 5.44. The third-order valence-electron chi connectivity index (χ3n) is 7.34. The molecule has 3 aromatic carbocycles. The van der Waals surface area contributed by atoms with E-state index >= 15 is 0 Å². The van der Waals surface area contributed by atoms with Gasteiger partial charge in [-0.05, 0) is 36.1 Å². The molecule has 0 N–H and O–H groups in total. The minimum absolute atomic E-state index is 0.187. The molecule has 0 unspecified atom stereocenters. The van der Waals surface area contributed by atoms with Crippen LogP contribution in [0.3, 0.4) is 0 Å². The maximum atomic E-state index is 12.1. The summed E-state index contributed by atoms with van der Waals surface area (Å²) in [7, 11) is 0. The van der Waals surface area contributed by atoms with E-state index in [1.807, 2.05) is 0 Å². The molecule has 3 aromatic rings. The molecule has 0 aliphatic heterocycles. The van der Waals surface area contributed by atoms with Crippen LogP contribution < -0.4 is 21.7 Å². The quantitative estimate of drug-likeness (QED) is 0.231. The van der Waals surface area contributed by atoms with Gasteiger partial charge in [0.25, 0.3) is 0 Å². The first-order valence-electron chi connectivity index (χ1n) is 11.9. The van der Waals surface area contributed by atoms with E-state index in [1.54, 1.807) is 12.1 Å². The third-order valence-corrected chi connectivity index (χ3v) is 7.34. The Kier molecular flexibility index (Phi) is 5.10. The number of carbonyl (C=O) groups is 4. The van der Waals surface area contributed by atoms with Gasteiger partial charge in [-0.2, -0.15) is 0 Å². The molecule has 0 spiro atoms. The Morgan fingerprint density at radius 2 is 0.737 bits per heavy atom. The van der Waals surface area contributed by atoms with Gasteiger partial charge in [0.2, 0.25) is 44.8 Å². The Morgan fingerprint density at radius 3 is 1.05 bits per heavy atom. The van der Waals surface area contributed by atoms with Crippen molar-refractivity contribution in [2.75, 3.05) is 0 Å². The van der Waals surface area contributed by atoms with Crippen LogP contribution in [-0.2, 0) is 22.4 Å². The molecule has 7 rings (SSSR count). The smallest absolute Gasteiger partial charge is 0.234 e. The van der Waals surface area contributed by atoms with Crippen molar-refractivity contribution >= 4 is 44.7 Å². The molecule has 0 atom stereocenters. The minimum Gasteiger partial charge on any atom is -0.290 e. The van der Waals surface area contributed by atoms with Crippen molar-refractivity contribution in [3.63, 3.8) is 0 Å². The van der Waals surface area contributed by atoms with Crippen molar-refractivity contribution in [2.24, 2.45) is 0 Å². The van der Waals surface area contributed by atoms with E-state index < -0.39 is 33.3 Å². The third kappa shape index (κ3) is 3.23. The summed E-state index contributed by atoms with van der Waals surface area (Å²) in [5, 5.41) is 0.809. The molecule has 8 nitrogen and oxygen atoms in total. The summed E-state index contributed by atoms with van der Waals surface area (Å²) in [6, 6.07) is 12.3. The SMILES string of the molecule is O=C1CCc2cc3c(cc2C1=O)CCC(=O)C3=O.O=c1c(=O)c2cccc3c2-c2c1cccc2c(=O)c3=O. The average molecular weight is 504 g/mol. The Morgan fingerprint density at radius 1 is 0.421 bits per heavy atom. The largest absolute Gasteiger partial charge is 0.290 e. The highest BCUT2D eigenvalue weighted by Crippen LogP contribution is 2.33. The second-order valence-electron chi connectivity index (χ2n) is 9.44. The molecule has 4 aliphatic rings. The zero-order valence-electron chi connectivity index (χ0n) is 19.7. The van der Waals surface area contributed by atoms with E-state index in [0.29, 0.717) is 46.2 Å². The van der Waals surface area contributed by atoms with Crippen LogP contribution in [0, 0.1) is 0 Å². The maximum Gasteiger partial charge on any atom is 0.234 e. The molecule has 4 aliphatic carbocycles. The van der Waals surface area contributed by atoms with E-state index in [9.17, 15) is 38.4 Å². The van der Waals surface area contributed by atoms with Crippen LogP contribution in [0.1, 0.15) is 44.7 Å². The van der Waals surface area contributed by atoms with Crippen LogP contribution in [-0.4, -0.2) is 23.1 Å². The highest BCUT2D eigenvalue weighted by Gasteiger charge is 2.31. The van der Waals surface area contributed by atoms with Crippen molar-refractivity contribution in [1.29, 1.82) is 0 Å². The van der Waals surface area contributed by atoms with Crippen LogP contribution in [0.15, 0.2) is 67.7 Å². The molecule has 0 aromatic heterocycles. The number of hydrogen-bond acceptors (Lipinski definition) is 8. The van der Waals surface area contributed by atoms with Gasteiger partial charge in [0.1, 0.15) is 0 Å². The predicted octanol–water partition coefficient (Wildman–Crippen LogP) is 1.93. The number of aryl methyl sites for hydroxylation is 2. The molecular formula is C30H16O8. The summed E-state index contributed by atoms with van der Waals surface area (Å²) in [6.45, 7) is 0. The molecule has 0 bridgehead atoms.